The molecule has 0 radical (unpaired) electrons. The maximum Gasteiger partial charge on any atom is 0.321 e. The first-order chi connectivity index (χ1) is 8.84. The molecule has 0 aliphatic rings. The van der Waals surface area contributed by atoms with Gasteiger partial charge in [-0.05, 0) is 16.8 Å². The zero-order valence-corrected chi connectivity index (χ0v) is 11.7. The summed E-state index contributed by atoms with van der Waals surface area (Å²) >= 11 is 0. The fourth-order valence-corrected chi connectivity index (χ4v) is 1.43. The first-order valence-corrected chi connectivity index (χ1v) is 6.19. The van der Waals surface area contributed by atoms with E-state index in [1.807, 2.05) is 27.7 Å². The van der Waals surface area contributed by atoms with E-state index in [-0.39, 0.29) is 12.0 Å². The van der Waals surface area contributed by atoms with Gasteiger partial charge in [-0.2, -0.15) is 0 Å². The molecular formula is C11H20N6O2. The molecule has 8 nitrogen and oxygen atoms in total. The van der Waals surface area contributed by atoms with Crippen molar-refractivity contribution < 1.29 is 9.59 Å². The standard InChI is InChI=1S/C11H20N6O2/c1-5-6-12-10(19)13-8(18)7-17-9(11(2,3)4)14-15-16-17/h5-7H2,1-4H3,(H2,12,13,18,19). The van der Waals surface area contributed by atoms with Crippen LogP contribution in [0.15, 0.2) is 0 Å². The van der Waals surface area contributed by atoms with Crippen LogP contribution in [0.4, 0.5) is 4.79 Å². The monoisotopic (exact) mass is 268 g/mol. The molecule has 0 spiro atoms. The second-order valence-corrected chi connectivity index (χ2v) is 5.21. The first kappa shape index (κ1) is 15.1. The van der Waals surface area contributed by atoms with Gasteiger partial charge in [0.05, 0.1) is 0 Å². The minimum atomic E-state index is -0.503. The van der Waals surface area contributed by atoms with E-state index >= 15 is 0 Å². The Morgan fingerprint density at radius 1 is 1.32 bits per heavy atom. The summed E-state index contributed by atoms with van der Waals surface area (Å²) in [6, 6.07) is -0.503. The lowest BCUT2D eigenvalue weighted by Crippen LogP contribution is -2.41. The predicted molar refractivity (Wildman–Crippen MR) is 68.3 cm³/mol. The van der Waals surface area contributed by atoms with Gasteiger partial charge in [-0.15, -0.1) is 5.10 Å². The third-order valence-electron chi connectivity index (χ3n) is 2.28. The molecular weight excluding hydrogens is 248 g/mol. The fraction of sp³-hybridized carbons (Fsp3) is 0.727. The summed E-state index contributed by atoms with van der Waals surface area (Å²) in [6.45, 7) is 8.21. The Morgan fingerprint density at radius 2 is 2.00 bits per heavy atom. The Labute approximate surface area is 111 Å². The number of aromatic nitrogens is 4. The third kappa shape index (κ3) is 4.65. The number of tetrazole rings is 1. The number of amides is 3. The summed E-state index contributed by atoms with van der Waals surface area (Å²) in [5.41, 5.74) is -0.270. The molecule has 1 heterocycles. The molecule has 1 aromatic heterocycles. The number of hydrogen-bond acceptors (Lipinski definition) is 5. The normalized spacial score (nSPS) is 11.2. The average Bonchev–Trinajstić information content (AvgIpc) is 2.73. The van der Waals surface area contributed by atoms with Gasteiger partial charge in [-0.25, -0.2) is 9.48 Å². The predicted octanol–water partition coefficient (Wildman–Crippen LogP) is 0.206. The van der Waals surface area contributed by atoms with E-state index in [4.69, 9.17) is 0 Å². The Bertz CT molecular complexity index is 448. The number of hydrogen-bond donors (Lipinski definition) is 2. The van der Waals surface area contributed by atoms with Crippen LogP contribution < -0.4 is 10.6 Å². The Morgan fingerprint density at radius 3 is 2.58 bits per heavy atom. The molecule has 0 aromatic carbocycles. The lowest BCUT2D eigenvalue weighted by Gasteiger charge is -2.16. The summed E-state index contributed by atoms with van der Waals surface area (Å²) < 4.78 is 1.39. The fourth-order valence-electron chi connectivity index (χ4n) is 1.43. The molecule has 1 rings (SSSR count). The molecule has 0 fully saturated rings. The van der Waals surface area contributed by atoms with E-state index < -0.39 is 11.9 Å². The number of nitrogens with one attached hydrogen (secondary N) is 2. The zero-order valence-electron chi connectivity index (χ0n) is 11.7. The molecule has 2 N–H and O–H groups in total. The Kier molecular flexibility index (Phi) is 4.96. The van der Waals surface area contributed by atoms with E-state index in [1.54, 1.807) is 0 Å². The lowest BCUT2D eigenvalue weighted by atomic mass is 9.96. The second kappa shape index (κ2) is 6.26. The van der Waals surface area contributed by atoms with Gasteiger partial charge < -0.3 is 5.32 Å². The van der Waals surface area contributed by atoms with Gasteiger partial charge in [0.25, 0.3) is 0 Å². The van der Waals surface area contributed by atoms with Crippen molar-refractivity contribution in [1.82, 2.24) is 30.8 Å². The molecule has 0 saturated heterocycles. The number of imide groups is 1. The highest BCUT2D eigenvalue weighted by molar-refractivity contribution is 5.94. The smallest absolute Gasteiger partial charge is 0.321 e. The molecule has 0 aliphatic heterocycles. The van der Waals surface area contributed by atoms with Crippen molar-refractivity contribution in [2.24, 2.45) is 0 Å². The van der Waals surface area contributed by atoms with E-state index in [9.17, 15) is 9.59 Å². The van der Waals surface area contributed by atoms with Crippen LogP contribution in [0.25, 0.3) is 0 Å². The molecule has 106 valence electrons. The van der Waals surface area contributed by atoms with Crippen molar-refractivity contribution in [3.63, 3.8) is 0 Å². The molecule has 0 aliphatic carbocycles. The van der Waals surface area contributed by atoms with Crippen molar-refractivity contribution in [2.75, 3.05) is 6.54 Å². The quantitative estimate of drug-likeness (QED) is 0.812. The highest BCUT2D eigenvalue weighted by Crippen LogP contribution is 2.18. The summed E-state index contributed by atoms with van der Waals surface area (Å²) in [5.74, 6) is 0.142. The largest absolute Gasteiger partial charge is 0.338 e. The summed E-state index contributed by atoms with van der Waals surface area (Å²) in [7, 11) is 0. The van der Waals surface area contributed by atoms with Crippen LogP contribution in [-0.4, -0.2) is 38.7 Å². The molecule has 0 saturated carbocycles. The summed E-state index contributed by atoms with van der Waals surface area (Å²) in [6.07, 6.45) is 0.808. The van der Waals surface area contributed by atoms with Crippen molar-refractivity contribution >= 4 is 11.9 Å². The lowest BCUT2D eigenvalue weighted by molar-refractivity contribution is -0.120. The maximum absolute atomic E-state index is 11.7. The molecule has 0 unspecified atom stereocenters. The van der Waals surface area contributed by atoms with Gasteiger partial charge in [0, 0.05) is 12.0 Å². The molecule has 0 atom stereocenters. The van der Waals surface area contributed by atoms with Gasteiger partial charge in [0.1, 0.15) is 6.54 Å². The Hall–Kier alpha value is -1.99. The van der Waals surface area contributed by atoms with Gasteiger partial charge in [-0.3, -0.25) is 10.1 Å². The SMILES string of the molecule is CCCNC(=O)NC(=O)Cn1nnnc1C(C)(C)C. The minimum absolute atomic E-state index is 0.0842. The number of carbonyl (C=O) groups is 2. The van der Waals surface area contributed by atoms with Gasteiger partial charge >= 0.3 is 6.03 Å². The van der Waals surface area contributed by atoms with Crippen LogP contribution in [0.5, 0.6) is 0 Å². The highest BCUT2D eigenvalue weighted by atomic mass is 16.2. The molecule has 1 aromatic rings. The van der Waals surface area contributed by atoms with Crippen molar-refractivity contribution in [3.8, 4) is 0 Å². The van der Waals surface area contributed by atoms with Crippen LogP contribution >= 0.6 is 0 Å². The highest BCUT2D eigenvalue weighted by Gasteiger charge is 2.23. The third-order valence-corrected chi connectivity index (χ3v) is 2.28. The molecule has 0 bridgehead atoms. The second-order valence-electron chi connectivity index (χ2n) is 5.21. The zero-order chi connectivity index (χ0) is 14.5. The molecule has 3 amide bonds. The van der Waals surface area contributed by atoms with E-state index in [2.05, 4.69) is 26.2 Å². The molecule has 8 heteroatoms. The van der Waals surface area contributed by atoms with Gasteiger partial charge in [-0.1, -0.05) is 27.7 Å². The van der Waals surface area contributed by atoms with Crippen LogP contribution in [-0.2, 0) is 16.8 Å². The minimum Gasteiger partial charge on any atom is -0.338 e. The van der Waals surface area contributed by atoms with Crippen LogP contribution in [0.3, 0.4) is 0 Å². The van der Waals surface area contributed by atoms with E-state index in [1.165, 1.54) is 4.68 Å². The van der Waals surface area contributed by atoms with Crippen molar-refractivity contribution in [2.45, 2.75) is 46.1 Å². The number of nitrogens with zero attached hydrogens (tertiary/aromatic N) is 4. The van der Waals surface area contributed by atoms with E-state index in [0.717, 1.165) is 6.42 Å². The van der Waals surface area contributed by atoms with Crippen LogP contribution in [0.1, 0.15) is 39.9 Å². The topological polar surface area (TPSA) is 102 Å². The van der Waals surface area contributed by atoms with Crippen LogP contribution in [0, 0.1) is 0 Å². The first-order valence-electron chi connectivity index (χ1n) is 6.19. The maximum atomic E-state index is 11.7. The van der Waals surface area contributed by atoms with Gasteiger partial charge in [0.2, 0.25) is 5.91 Å². The number of carbonyl (C=O) groups excluding carboxylic acids is 2. The summed E-state index contributed by atoms with van der Waals surface area (Å²) in [4.78, 5) is 23.0. The van der Waals surface area contributed by atoms with Crippen molar-refractivity contribution in [1.29, 1.82) is 0 Å². The van der Waals surface area contributed by atoms with Crippen molar-refractivity contribution in [3.05, 3.63) is 5.82 Å². The average molecular weight is 268 g/mol. The van der Waals surface area contributed by atoms with E-state index in [0.29, 0.717) is 12.4 Å². The molecule has 19 heavy (non-hydrogen) atoms. The Balaban J connectivity index is 2.58. The summed E-state index contributed by atoms with van der Waals surface area (Å²) in [5, 5.41) is 16.0. The number of urea groups is 1. The van der Waals surface area contributed by atoms with Crippen LogP contribution in [0.2, 0.25) is 0 Å². The number of rotatable bonds is 4. The van der Waals surface area contributed by atoms with Gasteiger partial charge in [0.15, 0.2) is 5.82 Å².